The van der Waals surface area contributed by atoms with Crippen molar-refractivity contribution in [3.8, 4) is 0 Å². The van der Waals surface area contributed by atoms with E-state index in [1.54, 1.807) is 0 Å². The van der Waals surface area contributed by atoms with Crippen LogP contribution in [0.5, 0.6) is 0 Å². The lowest BCUT2D eigenvalue weighted by atomic mass is 10.2. The number of hydrogen-bond acceptors (Lipinski definition) is 4. The van der Waals surface area contributed by atoms with E-state index in [1.165, 1.54) is 16.8 Å². The van der Waals surface area contributed by atoms with Crippen molar-refractivity contribution in [1.29, 1.82) is 0 Å². The maximum atomic E-state index is 4.48. The average molecular weight is 282 g/mol. The second kappa shape index (κ2) is 6.12. The number of hydrogen-bond donors (Lipinski definition) is 0. The Hall–Kier alpha value is -2.10. The van der Waals surface area contributed by atoms with E-state index in [9.17, 15) is 0 Å². The molecule has 2 heterocycles. The van der Waals surface area contributed by atoms with Gasteiger partial charge < -0.3 is 9.80 Å². The SMILES string of the molecule is CCc1cnc(N2CCN(c3cccc(C)c3)CC2)nc1. The molecule has 0 N–H and O–H groups in total. The lowest BCUT2D eigenvalue weighted by molar-refractivity contribution is 0.639. The lowest BCUT2D eigenvalue weighted by Gasteiger charge is -2.36. The highest BCUT2D eigenvalue weighted by molar-refractivity contribution is 5.50. The molecule has 0 amide bonds. The van der Waals surface area contributed by atoms with Gasteiger partial charge in [0, 0.05) is 44.3 Å². The number of aromatic nitrogens is 2. The Bertz CT molecular complexity index is 586. The van der Waals surface area contributed by atoms with Crippen molar-refractivity contribution in [3.63, 3.8) is 0 Å². The second-order valence-corrected chi connectivity index (χ2v) is 5.56. The van der Waals surface area contributed by atoms with Gasteiger partial charge in [-0.25, -0.2) is 9.97 Å². The van der Waals surface area contributed by atoms with E-state index in [1.807, 2.05) is 12.4 Å². The van der Waals surface area contributed by atoms with Gasteiger partial charge in [0.15, 0.2) is 0 Å². The minimum absolute atomic E-state index is 0.857. The zero-order chi connectivity index (χ0) is 14.7. The van der Waals surface area contributed by atoms with Gasteiger partial charge in [0.05, 0.1) is 0 Å². The molecule has 3 rings (SSSR count). The van der Waals surface area contributed by atoms with E-state index < -0.39 is 0 Å². The molecule has 4 nitrogen and oxygen atoms in total. The molecule has 0 unspecified atom stereocenters. The molecule has 0 atom stereocenters. The Kier molecular flexibility index (Phi) is 4.04. The highest BCUT2D eigenvalue weighted by Gasteiger charge is 2.19. The van der Waals surface area contributed by atoms with Crippen molar-refractivity contribution in [1.82, 2.24) is 9.97 Å². The third kappa shape index (κ3) is 3.15. The second-order valence-electron chi connectivity index (χ2n) is 5.56. The summed E-state index contributed by atoms with van der Waals surface area (Å²) in [5, 5.41) is 0. The third-order valence-corrected chi connectivity index (χ3v) is 4.03. The molecule has 4 heteroatoms. The van der Waals surface area contributed by atoms with Crippen molar-refractivity contribution in [2.75, 3.05) is 36.0 Å². The van der Waals surface area contributed by atoms with Crippen LogP contribution < -0.4 is 9.80 Å². The molecule has 1 aliphatic rings. The van der Waals surface area contributed by atoms with Gasteiger partial charge in [-0.15, -0.1) is 0 Å². The summed E-state index contributed by atoms with van der Waals surface area (Å²) in [5.41, 5.74) is 3.82. The summed E-state index contributed by atoms with van der Waals surface area (Å²) in [7, 11) is 0. The molecule has 21 heavy (non-hydrogen) atoms. The molecule has 1 saturated heterocycles. The van der Waals surface area contributed by atoms with Gasteiger partial charge in [0.2, 0.25) is 5.95 Å². The minimum Gasteiger partial charge on any atom is -0.368 e. The number of nitrogens with zero attached hydrogens (tertiary/aromatic N) is 4. The van der Waals surface area contributed by atoms with E-state index >= 15 is 0 Å². The zero-order valence-electron chi connectivity index (χ0n) is 12.8. The predicted octanol–water partition coefficient (Wildman–Crippen LogP) is 2.67. The molecule has 2 aromatic rings. The highest BCUT2D eigenvalue weighted by Crippen LogP contribution is 2.19. The summed E-state index contributed by atoms with van der Waals surface area (Å²) in [4.78, 5) is 13.7. The molecule has 0 radical (unpaired) electrons. The first kappa shape index (κ1) is 13.9. The van der Waals surface area contributed by atoms with Crippen LogP contribution in [0, 0.1) is 6.92 Å². The standard InChI is InChI=1S/C17H22N4/c1-3-15-12-18-17(19-13-15)21-9-7-20(8-10-21)16-6-4-5-14(2)11-16/h4-6,11-13H,3,7-10H2,1-2H3. The van der Waals surface area contributed by atoms with E-state index in [0.717, 1.165) is 38.5 Å². The Labute approximate surface area is 126 Å². The van der Waals surface area contributed by atoms with E-state index in [4.69, 9.17) is 0 Å². The molecular formula is C17H22N4. The Morgan fingerprint density at radius 3 is 2.29 bits per heavy atom. The van der Waals surface area contributed by atoms with Crippen LogP contribution in [0.4, 0.5) is 11.6 Å². The van der Waals surface area contributed by atoms with Gasteiger partial charge >= 0.3 is 0 Å². The van der Waals surface area contributed by atoms with Gasteiger partial charge in [-0.05, 0) is 36.6 Å². The fourth-order valence-corrected chi connectivity index (χ4v) is 2.68. The molecule has 1 fully saturated rings. The summed E-state index contributed by atoms with van der Waals surface area (Å²) in [6.45, 7) is 8.24. The van der Waals surface area contributed by atoms with Gasteiger partial charge in [-0.2, -0.15) is 0 Å². The first-order chi connectivity index (χ1) is 10.3. The van der Waals surface area contributed by atoms with Crippen LogP contribution in [-0.2, 0) is 6.42 Å². The topological polar surface area (TPSA) is 32.3 Å². The number of rotatable bonds is 3. The fourth-order valence-electron chi connectivity index (χ4n) is 2.68. The van der Waals surface area contributed by atoms with Gasteiger partial charge in [-0.3, -0.25) is 0 Å². The minimum atomic E-state index is 0.857. The van der Waals surface area contributed by atoms with Crippen molar-refractivity contribution < 1.29 is 0 Å². The zero-order valence-corrected chi connectivity index (χ0v) is 12.8. The summed E-state index contributed by atoms with van der Waals surface area (Å²) in [5.74, 6) is 0.857. The van der Waals surface area contributed by atoms with Crippen LogP contribution in [0.1, 0.15) is 18.1 Å². The van der Waals surface area contributed by atoms with Crippen LogP contribution in [0.15, 0.2) is 36.7 Å². The maximum absolute atomic E-state index is 4.48. The molecule has 1 aromatic carbocycles. The molecule has 0 bridgehead atoms. The van der Waals surface area contributed by atoms with Crippen molar-refractivity contribution >= 4 is 11.6 Å². The summed E-state index contributed by atoms with van der Waals surface area (Å²) in [6, 6.07) is 8.71. The molecule has 1 aliphatic heterocycles. The molecule has 0 spiro atoms. The Morgan fingerprint density at radius 1 is 1.00 bits per heavy atom. The van der Waals surface area contributed by atoms with Crippen molar-refractivity contribution in [3.05, 3.63) is 47.8 Å². The van der Waals surface area contributed by atoms with Crippen LogP contribution in [0.25, 0.3) is 0 Å². The molecule has 110 valence electrons. The van der Waals surface area contributed by atoms with E-state index in [2.05, 4.69) is 57.9 Å². The Balaban J connectivity index is 1.64. The van der Waals surface area contributed by atoms with Crippen molar-refractivity contribution in [2.24, 2.45) is 0 Å². The normalized spacial score (nSPS) is 15.3. The summed E-state index contributed by atoms with van der Waals surface area (Å²) in [6.07, 6.45) is 4.87. The third-order valence-electron chi connectivity index (χ3n) is 4.03. The van der Waals surface area contributed by atoms with Gasteiger partial charge in [0.1, 0.15) is 0 Å². The predicted molar refractivity (Wildman–Crippen MR) is 87.0 cm³/mol. The maximum Gasteiger partial charge on any atom is 0.225 e. The summed E-state index contributed by atoms with van der Waals surface area (Å²) < 4.78 is 0. The first-order valence-corrected chi connectivity index (χ1v) is 7.64. The number of anilines is 2. The van der Waals surface area contributed by atoms with Crippen LogP contribution in [0.3, 0.4) is 0 Å². The molecule has 1 aromatic heterocycles. The number of benzene rings is 1. The number of piperazine rings is 1. The van der Waals surface area contributed by atoms with Crippen molar-refractivity contribution in [2.45, 2.75) is 20.3 Å². The fraction of sp³-hybridized carbons (Fsp3) is 0.412. The van der Waals surface area contributed by atoms with E-state index in [0.29, 0.717) is 0 Å². The van der Waals surface area contributed by atoms with E-state index in [-0.39, 0.29) is 0 Å². The molecule has 0 aliphatic carbocycles. The van der Waals surface area contributed by atoms with Gasteiger partial charge in [0.25, 0.3) is 0 Å². The monoisotopic (exact) mass is 282 g/mol. The van der Waals surface area contributed by atoms with Crippen LogP contribution in [-0.4, -0.2) is 36.1 Å². The summed E-state index contributed by atoms with van der Waals surface area (Å²) >= 11 is 0. The number of aryl methyl sites for hydroxylation is 2. The first-order valence-electron chi connectivity index (χ1n) is 7.64. The highest BCUT2D eigenvalue weighted by atomic mass is 15.3. The van der Waals surface area contributed by atoms with Crippen LogP contribution in [0.2, 0.25) is 0 Å². The van der Waals surface area contributed by atoms with Crippen LogP contribution >= 0.6 is 0 Å². The average Bonchev–Trinajstić information content (AvgIpc) is 2.55. The smallest absolute Gasteiger partial charge is 0.225 e. The molecular weight excluding hydrogens is 260 g/mol. The Morgan fingerprint density at radius 2 is 1.67 bits per heavy atom. The largest absolute Gasteiger partial charge is 0.368 e. The lowest BCUT2D eigenvalue weighted by Crippen LogP contribution is -2.47. The van der Waals surface area contributed by atoms with Gasteiger partial charge in [-0.1, -0.05) is 19.1 Å². The molecule has 0 saturated carbocycles. The quantitative estimate of drug-likeness (QED) is 0.866.